The van der Waals surface area contributed by atoms with Crippen molar-refractivity contribution < 1.29 is 14.3 Å². The smallest absolute Gasteiger partial charge is 0.253 e. The number of para-hydroxylation sites is 1. The van der Waals surface area contributed by atoms with Gasteiger partial charge in [0.2, 0.25) is 5.91 Å². The minimum absolute atomic E-state index is 0.0190. The Labute approximate surface area is 204 Å². The van der Waals surface area contributed by atoms with Crippen LogP contribution in [0.1, 0.15) is 34.5 Å². The van der Waals surface area contributed by atoms with Crippen molar-refractivity contribution in [1.82, 2.24) is 14.3 Å². The Bertz CT molecular complexity index is 1320. The summed E-state index contributed by atoms with van der Waals surface area (Å²) in [5.41, 5.74) is 4.32. The van der Waals surface area contributed by atoms with Gasteiger partial charge >= 0.3 is 0 Å². The number of aryl methyl sites for hydroxylation is 1. The third kappa shape index (κ3) is 5.35. The first-order valence-corrected chi connectivity index (χ1v) is 11.9. The molecular weight excluding hydrogens is 440 g/mol. The molecule has 5 rings (SSSR count). The zero-order valence-corrected chi connectivity index (χ0v) is 19.7. The van der Waals surface area contributed by atoms with Gasteiger partial charge < -0.3 is 19.4 Å². The number of anilines is 1. The van der Waals surface area contributed by atoms with Crippen molar-refractivity contribution in [1.29, 1.82) is 0 Å². The number of ether oxygens (including phenoxy) is 1. The Balaban J connectivity index is 1.12. The molecule has 0 saturated carbocycles. The van der Waals surface area contributed by atoms with Crippen LogP contribution in [0.2, 0.25) is 0 Å². The van der Waals surface area contributed by atoms with Gasteiger partial charge in [-0.2, -0.15) is 0 Å². The quantitative estimate of drug-likeness (QED) is 0.445. The molecule has 0 radical (unpaired) electrons. The van der Waals surface area contributed by atoms with Crippen LogP contribution in [0.5, 0.6) is 5.75 Å². The largest absolute Gasteiger partial charge is 0.487 e. The molecule has 3 heterocycles. The van der Waals surface area contributed by atoms with E-state index in [1.165, 1.54) is 5.56 Å². The number of rotatable bonds is 6. The van der Waals surface area contributed by atoms with E-state index in [-0.39, 0.29) is 17.7 Å². The molecule has 1 saturated heterocycles. The van der Waals surface area contributed by atoms with E-state index in [1.54, 1.807) is 12.1 Å². The van der Waals surface area contributed by atoms with Gasteiger partial charge in [-0.1, -0.05) is 24.3 Å². The number of imidazole rings is 1. The lowest BCUT2D eigenvalue weighted by molar-refractivity contribution is -0.121. The second-order valence-corrected chi connectivity index (χ2v) is 8.94. The van der Waals surface area contributed by atoms with Crippen molar-refractivity contribution in [3.8, 4) is 5.75 Å². The summed E-state index contributed by atoms with van der Waals surface area (Å²) in [6.45, 7) is 3.53. The molecule has 0 unspecified atom stereocenters. The van der Waals surface area contributed by atoms with Crippen molar-refractivity contribution in [2.75, 3.05) is 18.4 Å². The van der Waals surface area contributed by atoms with E-state index >= 15 is 0 Å². The highest BCUT2D eigenvalue weighted by atomic mass is 16.5. The van der Waals surface area contributed by atoms with Crippen molar-refractivity contribution in [3.05, 3.63) is 95.9 Å². The lowest BCUT2D eigenvalue weighted by Crippen LogP contribution is -2.41. The van der Waals surface area contributed by atoms with Crippen LogP contribution in [0.4, 0.5) is 5.69 Å². The SMILES string of the molecule is Cc1ccc2nc(COc3ccc(C(=O)N4CCC(C(=O)Nc5ccccc5)CC4)cc3)cn2c1. The van der Waals surface area contributed by atoms with Gasteiger partial charge in [-0.15, -0.1) is 0 Å². The third-order valence-electron chi connectivity index (χ3n) is 6.33. The number of hydrogen-bond donors (Lipinski definition) is 1. The summed E-state index contributed by atoms with van der Waals surface area (Å²) in [6.07, 6.45) is 5.31. The van der Waals surface area contributed by atoms with Gasteiger partial charge in [0.15, 0.2) is 0 Å². The van der Waals surface area contributed by atoms with Gasteiger partial charge in [0, 0.05) is 42.7 Å². The zero-order valence-electron chi connectivity index (χ0n) is 19.7. The van der Waals surface area contributed by atoms with Crippen LogP contribution in [0.3, 0.4) is 0 Å². The van der Waals surface area contributed by atoms with E-state index in [0.29, 0.717) is 43.9 Å². The fraction of sp³-hybridized carbons (Fsp3) is 0.250. The van der Waals surface area contributed by atoms with E-state index in [1.807, 2.05) is 83.2 Å². The minimum Gasteiger partial charge on any atom is -0.487 e. The number of hydrogen-bond acceptors (Lipinski definition) is 4. The molecule has 0 spiro atoms. The maximum Gasteiger partial charge on any atom is 0.253 e. The number of nitrogens with zero attached hydrogens (tertiary/aromatic N) is 3. The number of nitrogens with one attached hydrogen (secondary N) is 1. The number of fused-ring (bicyclic) bond motifs is 1. The first kappa shape index (κ1) is 22.7. The van der Waals surface area contributed by atoms with Crippen LogP contribution in [-0.2, 0) is 11.4 Å². The molecule has 7 nitrogen and oxygen atoms in total. The molecule has 2 aromatic carbocycles. The number of benzene rings is 2. The van der Waals surface area contributed by atoms with Gasteiger partial charge in [-0.05, 0) is 67.8 Å². The zero-order chi connectivity index (χ0) is 24.2. The summed E-state index contributed by atoms with van der Waals surface area (Å²) in [4.78, 5) is 31.9. The highest BCUT2D eigenvalue weighted by Crippen LogP contribution is 2.22. The Hall–Kier alpha value is -4.13. The second-order valence-electron chi connectivity index (χ2n) is 8.94. The van der Waals surface area contributed by atoms with Crippen LogP contribution < -0.4 is 10.1 Å². The summed E-state index contributed by atoms with van der Waals surface area (Å²) in [6, 6.07) is 20.7. The van der Waals surface area contributed by atoms with E-state index in [9.17, 15) is 9.59 Å². The number of carbonyl (C=O) groups excluding carboxylic acids is 2. The fourth-order valence-electron chi connectivity index (χ4n) is 4.37. The molecule has 2 aromatic heterocycles. The molecule has 4 aromatic rings. The number of aromatic nitrogens is 2. The van der Waals surface area contributed by atoms with E-state index in [0.717, 1.165) is 17.0 Å². The van der Waals surface area contributed by atoms with Gasteiger partial charge in [-0.3, -0.25) is 9.59 Å². The van der Waals surface area contributed by atoms with Crippen molar-refractivity contribution in [3.63, 3.8) is 0 Å². The summed E-state index contributed by atoms with van der Waals surface area (Å²) in [7, 11) is 0. The molecule has 2 amide bonds. The Morgan fingerprint density at radius 3 is 2.46 bits per heavy atom. The summed E-state index contributed by atoms with van der Waals surface area (Å²) < 4.78 is 7.87. The fourth-order valence-corrected chi connectivity index (χ4v) is 4.37. The number of likely N-dealkylation sites (tertiary alicyclic amines) is 1. The first-order chi connectivity index (χ1) is 17.0. The van der Waals surface area contributed by atoms with E-state index < -0.39 is 0 Å². The van der Waals surface area contributed by atoms with Crippen molar-refractivity contribution >= 4 is 23.1 Å². The van der Waals surface area contributed by atoms with Gasteiger partial charge in [0.05, 0.1) is 5.69 Å². The molecule has 1 aliphatic rings. The summed E-state index contributed by atoms with van der Waals surface area (Å²) in [5, 5.41) is 2.97. The van der Waals surface area contributed by atoms with Gasteiger partial charge in [0.1, 0.15) is 18.0 Å². The summed E-state index contributed by atoms with van der Waals surface area (Å²) >= 11 is 0. The predicted molar refractivity (Wildman–Crippen MR) is 134 cm³/mol. The van der Waals surface area contributed by atoms with Crippen LogP contribution in [0, 0.1) is 12.8 Å². The van der Waals surface area contributed by atoms with Crippen molar-refractivity contribution in [2.45, 2.75) is 26.4 Å². The molecule has 0 aliphatic carbocycles. The van der Waals surface area contributed by atoms with Crippen LogP contribution >= 0.6 is 0 Å². The maximum absolute atomic E-state index is 13.0. The standard InChI is InChI=1S/C28H28N4O3/c1-20-7-12-26-29-24(18-32(26)17-20)19-35-25-10-8-22(9-11-25)28(34)31-15-13-21(14-16-31)27(33)30-23-5-3-2-4-6-23/h2-12,17-18,21H,13-16,19H2,1H3,(H,30,33). The average molecular weight is 469 g/mol. The predicted octanol–water partition coefficient (Wildman–Crippen LogP) is 4.71. The number of amides is 2. The molecule has 7 heteroatoms. The molecule has 1 fully saturated rings. The van der Waals surface area contributed by atoms with E-state index in [4.69, 9.17) is 4.74 Å². The lowest BCUT2D eigenvalue weighted by atomic mass is 9.95. The van der Waals surface area contributed by atoms with E-state index in [2.05, 4.69) is 10.3 Å². The van der Waals surface area contributed by atoms with Crippen molar-refractivity contribution in [2.24, 2.45) is 5.92 Å². The average Bonchev–Trinajstić information content (AvgIpc) is 3.30. The topological polar surface area (TPSA) is 75.9 Å². The molecular formula is C28H28N4O3. The number of piperidine rings is 1. The highest BCUT2D eigenvalue weighted by Gasteiger charge is 2.28. The Morgan fingerprint density at radius 2 is 1.71 bits per heavy atom. The monoisotopic (exact) mass is 468 g/mol. The molecule has 0 atom stereocenters. The van der Waals surface area contributed by atoms with Crippen LogP contribution in [0.15, 0.2) is 79.1 Å². The molecule has 178 valence electrons. The Morgan fingerprint density at radius 1 is 0.971 bits per heavy atom. The number of pyridine rings is 1. The lowest BCUT2D eigenvalue weighted by Gasteiger charge is -2.31. The third-order valence-corrected chi connectivity index (χ3v) is 6.33. The molecule has 35 heavy (non-hydrogen) atoms. The molecule has 1 aliphatic heterocycles. The minimum atomic E-state index is -0.0847. The molecule has 1 N–H and O–H groups in total. The van der Waals surface area contributed by atoms with Gasteiger partial charge in [0.25, 0.3) is 5.91 Å². The summed E-state index contributed by atoms with van der Waals surface area (Å²) in [5.74, 6) is 0.601. The van der Waals surface area contributed by atoms with Crippen LogP contribution in [0.25, 0.3) is 5.65 Å². The maximum atomic E-state index is 13.0. The Kier molecular flexibility index (Phi) is 6.48. The first-order valence-electron chi connectivity index (χ1n) is 11.9. The highest BCUT2D eigenvalue weighted by molar-refractivity contribution is 5.95. The van der Waals surface area contributed by atoms with Crippen LogP contribution in [-0.4, -0.2) is 39.2 Å². The molecule has 0 bridgehead atoms. The van der Waals surface area contributed by atoms with Gasteiger partial charge in [-0.25, -0.2) is 4.98 Å². The second kappa shape index (κ2) is 10.0. The normalized spacial score (nSPS) is 14.1. The number of carbonyl (C=O) groups is 2.